The molecule has 9 rings (SSSR count). The van der Waals surface area contributed by atoms with Gasteiger partial charge in [-0.25, -0.2) is 14.8 Å². The number of aromatic nitrogens is 4. The Hall–Kier alpha value is -7.48. The number of likely N-dealkylation sites (tertiary alicyclic amines) is 2. The van der Waals surface area contributed by atoms with Gasteiger partial charge in [0.15, 0.2) is 0 Å². The van der Waals surface area contributed by atoms with E-state index in [1.807, 2.05) is 108 Å². The number of rotatable bonds is 11. The molecule has 4 atom stereocenters. The van der Waals surface area contributed by atoms with Gasteiger partial charge in [-0.2, -0.15) is 0 Å². The van der Waals surface area contributed by atoms with Crippen molar-refractivity contribution in [3.8, 4) is 33.8 Å². The molecule has 5 heterocycles. The van der Waals surface area contributed by atoms with Crippen molar-refractivity contribution in [2.24, 2.45) is 0 Å². The van der Waals surface area contributed by atoms with Gasteiger partial charge in [0.05, 0.1) is 43.0 Å². The topological polar surface area (TPSA) is 179 Å². The maximum atomic E-state index is 13.9. The van der Waals surface area contributed by atoms with Crippen molar-refractivity contribution in [1.82, 2.24) is 40.4 Å². The number of nitrogens with one attached hydrogen (secondary N) is 4. The molecule has 3 aromatic heterocycles. The first-order valence-electron chi connectivity index (χ1n) is 20.8. The molecule has 2 fully saturated rings. The first-order chi connectivity index (χ1) is 30.2. The number of carbonyl (C=O) groups is 4. The van der Waals surface area contributed by atoms with Crippen LogP contribution in [0, 0.1) is 0 Å². The predicted molar refractivity (Wildman–Crippen MR) is 232 cm³/mol. The standard InChI is InChI=1S/C48H46N8O6/c1-29(57)51-42(32-11-5-3-6-12-32)46(58)55-23-9-16-39(55)45-50-28-37(53-45)34-21-22-40-35(25-34)26-41(62-40)31-19-17-30(18-20-31)36-27-49-44(52-36)38-15-10-24-56(38)47(59)43(54-48(60)61-2)33-13-7-4-8-14-33/h3-8,11-14,17-22,25-28,38-39,42-43H,9-10,15-16,23-24H2,1-2H3,(H,49,52)(H,50,53)(H,51,57)(H,54,60)/t38-,39-,42?,43+/m0/s1. The van der Waals surface area contributed by atoms with E-state index < -0.39 is 18.2 Å². The minimum atomic E-state index is -0.890. The summed E-state index contributed by atoms with van der Waals surface area (Å²) in [4.78, 5) is 72.1. The third-order valence-corrected chi connectivity index (χ3v) is 11.8. The van der Waals surface area contributed by atoms with Crippen LogP contribution < -0.4 is 10.6 Å². The lowest BCUT2D eigenvalue weighted by Crippen LogP contribution is -2.42. The second-order valence-corrected chi connectivity index (χ2v) is 15.7. The van der Waals surface area contributed by atoms with Crippen molar-refractivity contribution < 1.29 is 28.3 Å². The van der Waals surface area contributed by atoms with Gasteiger partial charge in [-0.05, 0) is 66.6 Å². The zero-order valence-corrected chi connectivity index (χ0v) is 34.3. The van der Waals surface area contributed by atoms with Gasteiger partial charge in [0.1, 0.15) is 35.1 Å². The minimum Gasteiger partial charge on any atom is -0.456 e. The molecule has 0 bridgehead atoms. The minimum absolute atomic E-state index is 0.157. The van der Waals surface area contributed by atoms with Crippen molar-refractivity contribution >= 4 is 34.8 Å². The van der Waals surface area contributed by atoms with Gasteiger partial charge in [0.25, 0.3) is 5.91 Å². The maximum Gasteiger partial charge on any atom is 0.407 e. The average molecular weight is 831 g/mol. The Bertz CT molecular complexity index is 2730. The quantitative estimate of drug-likeness (QED) is 0.101. The molecule has 2 saturated heterocycles. The Labute approximate surface area is 357 Å². The number of carbonyl (C=O) groups excluding carboxylic acids is 4. The Kier molecular flexibility index (Phi) is 11.1. The highest BCUT2D eigenvalue weighted by atomic mass is 16.5. The van der Waals surface area contributed by atoms with Gasteiger partial charge in [-0.3, -0.25) is 14.4 Å². The fourth-order valence-corrected chi connectivity index (χ4v) is 8.68. The SMILES string of the molecule is COC(=O)N[C@@H](C(=O)N1CCC[C@H]1c1ncc(-c2ccc(-c3cc4cc(-c5cnc([C@@H]6CCCN6C(=O)C(NC(C)=O)c6ccccc6)[nH]5)ccc4o3)cc2)[nH]1)c1ccccc1. The van der Waals surface area contributed by atoms with Gasteiger partial charge < -0.3 is 39.6 Å². The van der Waals surface area contributed by atoms with Crippen molar-refractivity contribution in [1.29, 1.82) is 0 Å². The van der Waals surface area contributed by atoms with E-state index in [0.717, 1.165) is 76.1 Å². The van der Waals surface area contributed by atoms with Gasteiger partial charge >= 0.3 is 6.09 Å². The van der Waals surface area contributed by atoms with Crippen LogP contribution in [0.4, 0.5) is 4.79 Å². The number of furan rings is 1. The number of hydrogen-bond donors (Lipinski definition) is 4. The Morgan fingerprint density at radius 3 is 1.74 bits per heavy atom. The van der Waals surface area contributed by atoms with Crippen molar-refractivity contribution in [2.45, 2.75) is 56.8 Å². The molecule has 14 heteroatoms. The summed E-state index contributed by atoms with van der Waals surface area (Å²) in [6.07, 6.45) is 6.05. The Balaban J connectivity index is 0.885. The summed E-state index contributed by atoms with van der Waals surface area (Å²) in [7, 11) is 1.28. The van der Waals surface area contributed by atoms with E-state index >= 15 is 0 Å². The highest BCUT2D eigenvalue weighted by Crippen LogP contribution is 2.37. The van der Waals surface area contributed by atoms with Crippen LogP contribution in [-0.2, 0) is 19.1 Å². The van der Waals surface area contributed by atoms with Gasteiger partial charge in [0.2, 0.25) is 11.8 Å². The van der Waals surface area contributed by atoms with Crippen LogP contribution >= 0.6 is 0 Å². The molecule has 4 aromatic carbocycles. The molecule has 2 aliphatic heterocycles. The number of H-pyrrole nitrogens is 2. The summed E-state index contributed by atoms with van der Waals surface area (Å²) in [5.41, 5.74) is 6.58. The number of fused-ring (bicyclic) bond motifs is 1. The first kappa shape index (κ1) is 40.0. The second-order valence-electron chi connectivity index (χ2n) is 15.7. The van der Waals surface area contributed by atoms with E-state index in [4.69, 9.17) is 19.1 Å². The molecule has 4 amide bonds. The number of aromatic amines is 2. The number of ether oxygens (including phenoxy) is 1. The largest absolute Gasteiger partial charge is 0.456 e. The van der Waals surface area contributed by atoms with Crippen LogP contribution in [0.1, 0.15) is 79.6 Å². The van der Waals surface area contributed by atoms with E-state index in [-0.39, 0.29) is 29.8 Å². The van der Waals surface area contributed by atoms with E-state index in [2.05, 4.69) is 26.7 Å². The molecular formula is C48H46N8O6. The lowest BCUT2D eigenvalue weighted by molar-refractivity contribution is -0.137. The van der Waals surface area contributed by atoms with E-state index in [1.165, 1.54) is 14.0 Å². The zero-order chi connectivity index (χ0) is 42.7. The van der Waals surface area contributed by atoms with Crippen molar-refractivity contribution in [2.75, 3.05) is 20.2 Å². The summed E-state index contributed by atoms with van der Waals surface area (Å²) in [5.74, 6) is 1.47. The van der Waals surface area contributed by atoms with Gasteiger partial charge in [-0.15, -0.1) is 0 Å². The van der Waals surface area contributed by atoms with Crippen LogP contribution in [-0.4, -0.2) is 73.7 Å². The predicted octanol–water partition coefficient (Wildman–Crippen LogP) is 8.18. The molecule has 0 radical (unpaired) electrons. The number of methoxy groups -OCH3 is 1. The number of nitrogens with zero attached hydrogens (tertiary/aromatic N) is 4. The lowest BCUT2D eigenvalue weighted by Gasteiger charge is -2.28. The number of benzene rings is 4. The number of imidazole rings is 2. The highest BCUT2D eigenvalue weighted by molar-refractivity contribution is 5.90. The molecular weight excluding hydrogens is 785 g/mol. The summed E-state index contributed by atoms with van der Waals surface area (Å²) < 4.78 is 11.1. The fourth-order valence-electron chi connectivity index (χ4n) is 8.68. The molecule has 1 unspecified atom stereocenters. The van der Waals surface area contributed by atoms with Crippen LogP contribution in [0.5, 0.6) is 0 Å². The number of hydrogen-bond acceptors (Lipinski definition) is 8. The molecule has 0 aliphatic carbocycles. The fraction of sp³-hybridized carbons (Fsp3) is 0.250. The molecule has 7 aromatic rings. The summed E-state index contributed by atoms with van der Waals surface area (Å²) in [6.45, 7) is 2.54. The smallest absolute Gasteiger partial charge is 0.407 e. The van der Waals surface area contributed by atoms with Gasteiger partial charge in [0, 0.05) is 36.5 Å². The van der Waals surface area contributed by atoms with E-state index in [1.54, 1.807) is 17.3 Å². The Morgan fingerprint density at radius 1 is 0.677 bits per heavy atom. The molecule has 2 aliphatic rings. The molecule has 62 heavy (non-hydrogen) atoms. The normalized spacial score (nSPS) is 17.2. The van der Waals surface area contributed by atoms with Crippen molar-refractivity contribution in [3.05, 3.63) is 144 Å². The third kappa shape index (κ3) is 8.06. The maximum absolute atomic E-state index is 13.9. The van der Waals surface area contributed by atoms with E-state index in [0.29, 0.717) is 30.3 Å². The summed E-state index contributed by atoms with van der Waals surface area (Å²) in [6, 6.07) is 32.3. The molecule has 14 nitrogen and oxygen atoms in total. The summed E-state index contributed by atoms with van der Waals surface area (Å²) >= 11 is 0. The lowest BCUT2D eigenvalue weighted by atomic mass is 10.0. The average Bonchev–Trinajstić information content (AvgIpc) is 4.16. The molecule has 0 saturated carbocycles. The van der Waals surface area contributed by atoms with E-state index in [9.17, 15) is 19.2 Å². The highest BCUT2D eigenvalue weighted by Gasteiger charge is 2.38. The van der Waals surface area contributed by atoms with Gasteiger partial charge in [-0.1, -0.05) is 84.9 Å². The Morgan fingerprint density at radius 2 is 1.19 bits per heavy atom. The molecule has 314 valence electrons. The van der Waals surface area contributed by atoms with Crippen LogP contribution in [0.3, 0.4) is 0 Å². The summed E-state index contributed by atoms with van der Waals surface area (Å²) in [5, 5.41) is 6.49. The third-order valence-electron chi connectivity index (χ3n) is 11.8. The van der Waals surface area contributed by atoms with Crippen LogP contribution in [0.25, 0.3) is 44.8 Å². The molecule has 0 spiro atoms. The second kappa shape index (κ2) is 17.2. The molecule has 4 N–H and O–H groups in total. The zero-order valence-electron chi connectivity index (χ0n) is 34.3. The van der Waals surface area contributed by atoms with Crippen molar-refractivity contribution in [3.63, 3.8) is 0 Å². The number of amides is 4. The number of alkyl carbamates (subject to hydrolysis) is 1. The first-order valence-corrected chi connectivity index (χ1v) is 20.8. The van der Waals surface area contributed by atoms with Crippen LogP contribution in [0.15, 0.2) is 126 Å². The van der Waals surface area contributed by atoms with Crippen LogP contribution in [0.2, 0.25) is 0 Å². The monoisotopic (exact) mass is 830 g/mol.